The number of benzene rings is 1. The third kappa shape index (κ3) is 3.64. The summed E-state index contributed by atoms with van der Waals surface area (Å²) in [5, 5.41) is 10.2. The van der Waals surface area contributed by atoms with E-state index in [9.17, 15) is 22.7 Å². The van der Waals surface area contributed by atoms with Crippen LogP contribution in [0.2, 0.25) is 0 Å². The summed E-state index contributed by atoms with van der Waals surface area (Å²) in [5.41, 5.74) is 0.512. The molecule has 1 saturated heterocycles. The topological polar surface area (TPSA) is 95.9 Å². The number of nitrogens with zero attached hydrogens (tertiary/aromatic N) is 1. The number of halogens is 1. The average Bonchev–Trinajstić information content (AvgIpc) is 2.79. The van der Waals surface area contributed by atoms with Gasteiger partial charge in [0.1, 0.15) is 18.0 Å². The maximum atomic E-state index is 15.0. The number of phenols is 1. The molecule has 2 N–H and O–H groups in total. The Balaban J connectivity index is 1.85. The molecule has 1 heterocycles. The first-order chi connectivity index (χ1) is 12.2. The number of amides is 1. The largest absolute Gasteiger partial charge is 0.506 e. The minimum atomic E-state index is -4.18. The van der Waals surface area contributed by atoms with Crippen LogP contribution in [-0.4, -0.2) is 38.7 Å². The van der Waals surface area contributed by atoms with Gasteiger partial charge in [-0.2, -0.15) is 8.42 Å². The van der Waals surface area contributed by atoms with Gasteiger partial charge in [0.05, 0.1) is 6.10 Å². The molecule has 1 unspecified atom stereocenters. The zero-order valence-corrected chi connectivity index (χ0v) is 15.6. The van der Waals surface area contributed by atoms with E-state index in [-0.39, 0.29) is 6.10 Å². The smallest absolute Gasteiger partial charge is 0.326 e. The molecule has 0 aromatic heterocycles. The molecule has 0 spiro atoms. The van der Waals surface area contributed by atoms with Crippen LogP contribution in [0.4, 0.5) is 10.1 Å². The molecule has 7 nitrogen and oxygen atoms in total. The zero-order valence-electron chi connectivity index (χ0n) is 14.8. The maximum absolute atomic E-state index is 15.0. The van der Waals surface area contributed by atoms with Crippen LogP contribution in [0.15, 0.2) is 6.07 Å². The third-order valence-corrected chi connectivity index (χ3v) is 6.07. The first-order valence-corrected chi connectivity index (χ1v) is 10.1. The fourth-order valence-corrected chi connectivity index (χ4v) is 4.48. The molecule has 1 aromatic rings. The van der Waals surface area contributed by atoms with Gasteiger partial charge in [0.25, 0.3) is 5.91 Å². The fourth-order valence-electron chi connectivity index (χ4n) is 3.32. The number of phenolic OH excluding ortho intramolecular Hbond substituents is 1. The Kier molecular flexibility index (Phi) is 5.12. The molecule has 1 amide bonds. The molecule has 0 saturated carbocycles. The van der Waals surface area contributed by atoms with Crippen LogP contribution in [0.3, 0.4) is 0 Å². The summed E-state index contributed by atoms with van der Waals surface area (Å²) in [5.74, 6) is -1.52. The summed E-state index contributed by atoms with van der Waals surface area (Å²) >= 11 is 0. The predicted octanol–water partition coefficient (Wildman–Crippen LogP) is 1.63. The van der Waals surface area contributed by atoms with E-state index in [1.54, 1.807) is 4.72 Å². The average molecular weight is 386 g/mol. The number of anilines is 1. The predicted molar refractivity (Wildman–Crippen MR) is 93.7 cm³/mol. The van der Waals surface area contributed by atoms with Crippen molar-refractivity contribution >= 4 is 21.8 Å². The first-order valence-electron chi connectivity index (χ1n) is 8.67. The highest BCUT2D eigenvalue weighted by molar-refractivity contribution is 7.92. The molecule has 1 fully saturated rings. The highest BCUT2D eigenvalue weighted by Crippen LogP contribution is 2.39. The molecule has 1 aliphatic heterocycles. The third-order valence-electron chi connectivity index (χ3n) is 4.70. The Morgan fingerprint density at radius 3 is 2.81 bits per heavy atom. The lowest BCUT2D eigenvalue weighted by molar-refractivity contribution is -0.117. The molecule has 2 aliphatic rings. The standard InChI is InChI=1S/C17H23FN2O5S/c1-10(2)5-6-25-12-3-4-13-11(7-12)8-14(21)17(16(13)18)20-9-15(22)19-26(20,23)24/h8,10,12,21H,3-7,9H2,1-2H3,(H,19,22). The molecule has 144 valence electrons. The Morgan fingerprint density at radius 2 is 2.19 bits per heavy atom. The van der Waals surface area contributed by atoms with Gasteiger partial charge in [0.15, 0.2) is 5.82 Å². The van der Waals surface area contributed by atoms with Crippen molar-refractivity contribution in [2.45, 2.75) is 45.6 Å². The number of hydrogen-bond acceptors (Lipinski definition) is 5. The van der Waals surface area contributed by atoms with Crippen LogP contribution in [0.1, 0.15) is 37.8 Å². The van der Waals surface area contributed by atoms with Crippen molar-refractivity contribution < 1.29 is 27.4 Å². The second kappa shape index (κ2) is 7.03. The highest BCUT2D eigenvalue weighted by atomic mass is 32.2. The summed E-state index contributed by atoms with van der Waals surface area (Å²) in [6.07, 6.45) is 2.36. The van der Waals surface area contributed by atoms with Crippen LogP contribution in [-0.2, 0) is 32.6 Å². The van der Waals surface area contributed by atoms with E-state index in [1.807, 2.05) is 0 Å². The number of fused-ring (bicyclic) bond motifs is 1. The Labute approximate surface area is 152 Å². The highest BCUT2D eigenvalue weighted by Gasteiger charge is 2.39. The molecule has 1 aromatic carbocycles. The van der Waals surface area contributed by atoms with E-state index >= 15 is 0 Å². The van der Waals surface area contributed by atoms with Crippen molar-refractivity contribution in [2.24, 2.45) is 5.92 Å². The van der Waals surface area contributed by atoms with Crippen molar-refractivity contribution in [3.63, 3.8) is 0 Å². The van der Waals surface area contributed by atoms with Crippen LogP contribution in [0.25, 0.3) is 0 Å². The molecule has 1 aliphatic carbocycles. The van der Waals surface area contributed by atoms with E-state index < -0.39 is 39.9 Å². The molecule has 0 bridgehead atoms. The minimum Gasteiger partial charge on any atom is -0.506 e. The lowest BCUT2D eigenvalue weighted by Gasteiger charge is -2.28. The monoisotopic (exact) mass is 386 g/mol. The minimum absolute atomic E-state index is 0.0512. The van der Waals surface area contributed by atoms with Crippen molar-refractivity contribution in [1.29, 1.82) is 0 Å². The SMILES string of the molecule is CC(C)CCOC1CCc2c(cc(O)c(N3CC(=O)NS3(=O)=O)c2F)C1. The Hall–Kier alpha value is -1.87. The van der Waals surface area contributed by atoms with Crippen molar-refractivity contribution in [3.05, 3.63) is 23.0 Å². The number of rotatable bonds is 5. The van der Waals surface area contributed by atoms with Crippen molar-refractivity contribution in [3.8, 4) is 5.75 Å². The number of carbonyl (C=O) groups is 1. The number of aromatic hydroxyl groups is 1. The summed E-state index contributed by atoms with van der Waals surface area (Å²) in [6.45, 7) is 4.30. The van der Waals surface area contributed by atoms with Gasteiger partial charge in [-0.05, 0) is 48.8 Å². The lowest BCUT2D eigenvalue weighted by Crippen LogP contribution is -2.31. The molecule has 3 rings (SSSR count). The number of nitrogens with one attached hydrogen (secondary N) is 1. The van der Waals surface area contributed by atoms with Gasteiger partial charge in [0.2, 0.25) is 0 Å². The summed E-state index contributed by atoms with van der Waals surface area (Å²) in [7, 11) is -4.18. The molecule has 9 heteroatoms. The van der Waals surface area contributed by atoms with E-state index in [0.717, 1.165) is 6.42 Å². The van der Waals surface area contributed by atoms with Gasteiger partial charge in [-0.15, -0.1) is 0 Å². The van der Waals surface area contributed by atoms with Crippen LogP contribution >= 0.6 is 0 Å². The van der Waals surface area contributed by atoms with E-state index in [2.05, 4.69) is 13.8 Å². The fraction of sp³-hybridized carbons (Fsp3) is 0.588. The Morgan fingerprint density at radius 1 is 1.46 bits per heavy atom. The molecular formula is C17H23FN2O5S. The van der Waals surface area contributed by atoms with Crippen molar-refractivity contribution in [2.75, 3.05) is 17.5 Å². The zero-order chi connectivity index (χ0) is 19.1. The Bertz CT molecular complexity index is 825. The van der Waals surface area contributed by atoms with Crippen LogP contribution in [0.5, 0.6) is 5.75 Å². The van der Waals surface area contributed by atoms with Gasteiger partial charge >= 0.3 is 10.2 Å². The van der Waals surface area contributed by atoms with E-state index in [0.29, 0.717) is 47.2 Å². The van der Waals surface area contributed by atoms with Crippen LogP contribution < -0.4 is 9.03 Å². The quantitative estimate of drug-likeness (QED) is 0.802. The summed E-state index contributed by atoms with van der Waals surface area (Å²) < 4.78 is 47.1. The van der Waals surface area contributed by atoms with Gasteiger partial charge in [0, 0.05) is 6.61 Å². The maximum Gasteiger partial charge on any atom is 0.326 e. The van der Waals surface area contributed by atoms with E-state index in [4.69, 9.17) is 4.74 Å². The van der Waals surface area contributed by atoms with Gasteiger partial charge in [-0.3, -0.25) is 4.79 Å². The second-order valence-corrected chi connectivity index (χ2v) is 8.75. The van der Waals surface area contributed by atoms with Gasteiger partial charge in [-0.25, -0.2) is 13.4 Å². The van der Waals surface area contributed by atoms with Gasteiger partial charge in [-0.1, -0.05) is 13.8 Å². The van der Waals surface area contributed by atoms with Crippen LogP contribution in [0, 0.1) is 11.7 Å². The lowest BCUT2D eigenvalue weighted by atomic mass is 9.88. The van der Waals surface area contributed by atoms with Crippen molar-refractivity contribution in [1.82, 2.24) is 4.72 Å². The number of hydrogen-bond donors (Lipinski definition) is 2. The summed E-state index contributed by atoms with van der Waals surface area (Å²) in [4.78, 5) is 11.4. The summed E-state index contributed by atoms with van der Waals surface area (Å²) in [6, 6.07) is 1.38. The molecule has 1 atom stereocenters. The normalized spacial score (nSPS) is 21.8. The molecule has 0 radical (unpaired) electrons. The first kappa shape index (κ1) is 18.9. The number of ether oxygens (including phenoxy) is 1. The molecular weight excluding hydrogens is 363 g/mol. The molecule has 26 heavy (non-hydrogen) atoms. The van der Waals surface area contributed by atoms with E-state index in [1.165, 1.54) is 6.07 Å². The number of carbonyl (C=O) groups excluding carboxylic acids is 1. The second-order valence-electron chi connectivity index (χ2n) is 7.15. The van der Waals surface area contributed by atoms with Gasteiger partial charge < -0.3 is 9.84 Å².